The fourth-order valence-corrected chi connectivity index (χ4v) is 3.52. The summed E-state index contributed by atoms with van der Waals surface area (Å²) < 4.78 is 2.07. The third-order valence-electron chi connectivity index (χ3n) is 2.65. The van der Waals surface area contributed by atoms with E-state index >= 15 is 0 Å². The van der Waals surface area contributed by atoms with Crippen LogP contribution in [0.25, 0.3) is 0 Å². The molecule has 1 fully saturated rings. The number of rotatable bonds is 1. The van der Waals surface area contributed by atoms with Crippen molar-refractivity contribution in [3.05, 3.63) is 32.7 Å². The number of Topliss-reactive ketones (excluding diaryl/α,β-unsaturated/α-hetero) is 1. The molecular formula is C11H10Br2O. The summed E-state index contributed by atoms with van der Waals surface area (Å²) in [5, 5.41) is 0. The number of hydrogen-bond acceptors (Lipinski definition) is 1. The van der Waals surface area contributed by atoms with E-state index in [0.717, 1.165) is 33.8 Å². The molecule has 0 aliphatic heterocycles. The van der Waals surface area contributed by atoms with E-state index in [2.05, 4.69) is 31.9 Å². The number of carbonyl (C=O) groups is 1. The first-order valence-corrected chi connectivity index (χ1v) is 6.25. The van der Waals surface area contributed by atoms with Crippen LogP contribution >= 0.6 is 31.9 Å². The summed E-state index contributed by atoms with van der Waals surface area (Å²) in [5.74, 6) is 0.470. The lowest BCUT2D eigenvalue weighted by Gasteiger charge is -2.12. The van der Waals surface area contributed by atoms with E-state index in [0.29, 0.717) is 5.78 Å². The standard InChI is InChI=1S/C11H10Br2O/c12-8-4-2-5-9(13)11(8)7-3-1-6-10(7)14/h2,4-5,7H,1,3,6H2. The molecule has 1 aliphatic carbocycles. The van der Waals surface area contributed by atoms with Gasteiger partial charge in [-0.15, -0.1) is 0 Å². The first-order valence-electron chi connectivity index (χ1n) is 4.67. The fourth-order valence-electron chi connectivity index (χ4n) is 1.96. The van der Waals surface area contributed by atoms with E-state index in [9.17, 15) is 4.79 Å². The van der Waals surface area contributed by atoms with Crippen LogP contribution in [0.15, 0.2) is 27.1 Å². The summed E-state index contributed by atoms with van der Waals surface area (Å²) in [4.78, 5) is 11.6. The Morgan fingerprint density at radius 2 is 1.86 bits per heavy atom. The summed E-state index contributed by atoms with van der Waals surface area (Å²) in [6.07, 6.45) is 2.75. The molecule has 14 heavy (non-hydrogen) atoms. The van der Waals surface area contributed by atoms with Crippen molar-refractivity contribution >= 4 is 37.6 Å². The summed E-state index contributed by atoms with van der Waals surface area (Å²) in [5.41, 5.74) is 1.12. The Kier molecular flexibility index (Phi) is 3.07. The van der Waals surface area contributed by atoms with E-state index < -0.39 is 0 Å². The van der Waals surface area contributed by atoms with Gasteiger partial charge in [0.15, 0.2) is 0 Å². The normalized spacial score (nSPS) is 21.6. The zero-order valence-electron chi connectivity index (χ0n) is 7.59. The fraction of sp³-hybridized carbons (Fsp3) is 0.364. The van der Waals surface area contributed by atoms with Crippen molar-refractivity contribution in [2.24, 2.45) is 0 Å². The summed E-state index contributed by atoms with van der Waals surface area (Å²) in [7, 11) is 0. The maximum Gasteiger partial charge on any atom is 0.140 e. The minimum Gasteiger partial charge on any atom is -0.299 e. The molecule has 3 heteroatoms. The van der Waals surface area contributed by atoms with E-state index in [4.69, 9.17) is 0 Å². The molecule has 0 N–H and O–H groups in total. The second-order valence-electron chi connectivity index (χ2n) is 3.55. The Balaban J connectivity index is 2.44. The molecule has 1 saturated carbocycles. The predicted octanol–water partition coefficient (Wildman–Crippen LogP) is 4.05. The monoisotopic (exact) mass is 316 g/mol. The van der Waals surface area contributed by atoms with Gasteiger partial charge in [-0.05, 0) is 30.5 Å². The Labute approximate surface area is 100 Å². The number of carbonyl (C=O) groups excluding carboxylic acids is 1. The van der Waals surface area contributed by atoms with Gasteiger partial charge < -0.3 is 0 Å². The molecule has 1 aromatic carbocycles. The third-order valence-corrected chi connectivity index (χ3v) is 4.04. The molecule has 0 heterocycles. The lowest BCUT2D eigenvalue weighted by molar-refractivity contribution is -0.118. The molecule has 1 nitrogen and oxygen atoms in total. The highest BCUT2D eigenvalue weighted by atomic mass is 79.9. The van der Waals surface area contributed by atoms with Crippen molar-refractivity contribution in [2.75, 3.05) is 0 Å². The average Bonchev–Trinajstić information content (AvgIpc) is 2.52. The highest BCUT2D eigenvalue weighted by Crippen LogP contribution is 2.39. The van der Waals surface area contributed by atoms with Crippen LogP contribution in [0.4, 0.5) is 0 Å². The second-order valence-corrected chi connectivity index (χ2v) is 5.26. The molecule has 0 saturated heterocycles. The molecule has 0 amide bonds. The third kappa shape index (κ3) is 1.80. The number of ketones is 1. The molecule has 1 unspecified atom stereocenters. The highest BCUT2D eigenvalue weighted by molar-refractivity contribution is 9.11. The first kappa shape index (κ1) is 10.4. The van der Waals surface area contributed by atoms with Crippen molar-refractivity contribution in [3.63, 3.8) is 0 Å². The summed E-state index contributed by atoms with van der Waals surface area (Å²) in [6, 6.07) is 5.95. The average molecular weight is 318 g/mol. The second kappa shape index (κ2) is 4.15. The van der Waals surface area contributed by atoms with Crippen LogP contribution in [0.3, 0.4) is 0 Å². The largest absolute Gasteiger partial charge is 0.299 e. The molecule has 1 aromatic rings. The van der Waals surface area contributed by atoms with Crippen LogP contribution in [0.2, 0.25) is 0 Å². The highest BCUT2D eigenvalue weighted by Gasteiger charge is 2.28. The van der Waals surface area contributed by atoms with Crippen molar-refractivity contribution < 1.29 is 4.79 Å². The Morgan fingerprint density at radius 3 is 2.36 bits per heavy atom. The van der Waals surface area contributed by atoms with Gasteiger partial charge in [0, 0.05) is 21.3 Å². The molecule has 0 aromatic heterocycles. The molecule has 0 radical (unpaired) electrons. The molecule has 0 bridgehead atoms. The molecule has 1 aliphatic rings. The Bertz CT molecular complexity index is 353. The van der Waals surface area contributed by atoms with Crippen molar-refractivity contribution in [1.29, 1.82) is 0 Å². The quantitative estimate of drug-likeness (QED) is 0.763. The van der Waals surface area contributed by atoms with E-state index in [1.807, 2.05) is 18.2 Å². The van der Waals surface area contributed by atoms with Gasteiger partial charge in [-0.2, -0.15) is 0 Å². The van der Waals surface area contributed by atoms with Gasteiger partial charge in [0.2, 0.25) is 0 Å². The van der Waals surface area contributed by atoms with Crippen LogP contribution in [0, 0.1) is 0 Å². The van der Waals surface area contributed by atoms with Gasteiger partial charge in [0.25, 0.3) is 0 Å². The Morgan fingerprint density at radius 1 is 1.21 bits per heavy atom. The minimum atomic E-state index is 0.0972. The topological polar surface area (TPSA) is 17.1 Å². The molecule has 2 rings (SSSR count). The van der Waals surface area contributed by atoms with E-state index in [1.54, 1.807) is 0 Å². The van der Waals surface area contributed by atoms with Gasteiger partial charge in [0.05, 0.1) is 0 Å². The van der Waals surface area contributed by atoms with Crippen LogP contribution in [0.1, 0.15) is 30.7 Å². The van der Waals surface area contributed by atoms with E-state index in [1.165, 1.54) is 0 Å². The van der Waals surface area contributed by atoms with E-state index in [-0.39, 0.29) is 5.92 Å². The minimum absolute atomic E-state index is 0.0972. The van der Waals surface area contributed by atoms with Crippen LogP contribution < -0.4 is 0 Å². The Hall–Kier alpha value is -0.150. The van der Waals surface area contributed by atoms with Crippen LogP contribution in [-0.4, -0.2) is 5.78 Å². The maximum atomic E-state index is 11.6. The smallest absolute Gasteiger partial charge is 0.140 e. The lowest BCUT2D eigenvalue weighted by atomic mass is 9.97. The summed E-state index contributed by atoms with van der Waals surface area (Å²) in [6.45, 7) is 0. The maximum absolute atomic E-state index is 11.6. The molecule has 0 spiro atoms. The first-order chi connectivity index (χ1) is 6.70. The zero-order chi connectivity index (χ0) is 10.1. The van der Waals surface area contributed by atoms with Gasteiger partial charge in [-0.3, -0.25) is 4.79 Å². The van der Waals surface area contributed by atoms with Crippen LogP contribution in [0.5, 0.6) is 0 Å². The van der Waals surface area contributed by atoms with Crippen molar-refractivity contribution in [2.45, 2.75) is 25.2 Å². The summed E-state index contributed by atoms with van der Waals surface area (Å²) >= 11 is 7.00. The molecule has 74 valence electrons. The van der Waals surface area contributed by atoms with Gasteiger partial charge >= 0.3 is 0 Å². The van der Waals surface area contributed by atoms with Gasteiger partial charge in [-0.1, -0.05) is 37.9 Å². The predicted molar refractivity (Wildman–Crippen MR) is 63.4 cm³/mol. The van der Waals surface area contributed by atoms with Crippen LogP contribution in [-0.2, 0) is 4.79 Å². The SMILES string of the molecule is O=C1CCCC1c1c(Br)cccc1Br. The number of halogens is 2. The van der Waals surface area contributed by atoms with Gasteiger partial charge in [0.1, 0.15) is 5.78 Å². The number of benzene rings is 1. The molecule has 1 atom stereocenters. The lowest BCUT2D eigenvalue weighted by Crippen LogP contribution is -2.05. The van der Waals surface area contributed by atoms with Crippen molar-refractivity contribution in [3.8, 4) is 0 Å². The van der Waals surface area contributed by atoms with Crippen molar-refractivity contribution in [1.82, 2.24) is 0 Å². The number of hydrogen-bond donors (Lipinski definition) is 0. The molecular weight excluding hydrogens is 308 g/mol. The zero-order valence-corrected chi connectivity index (χ0v) is 10.8. The van der Waals surface area contributed by atoms with Gasteiger partial charge in [-0.25, -0.2) is 0 Å².